The largest absolute Gasteiger partial charge is 0.464 e. The monoisotopic (exact) mass is 810 g/mol. The van der Waals surface area contributed by atoms with Crippen LogP contribution in [0.4, 0.5) is 0 Å². The summed E-state index contributed by atoms with van der Waals surface area (Å²) in [5.41, 5.74) is 0.875. The summed E-state index contributed by atoms with van der Waals surface area (Å²) in [4.78, 5) is 22.8. The van der Waals surface area contributed by atoms with E-state index >= 15 is 0 Å². The molecule has 0 amide bonds. The van der Waals surface area contributed by atoms with Gasteiger partial charge < -0.3 is 30.3 Å². The lowest BCUT2D eigenvalue weighted by atomic mass is 9.93. The van der Waals surface area contributed by atoms with E-state index in [1.807, 2.05) is 26.0 Å². The maximum absolute atomic E-state index is 11.4. The molecule has 0 aliphatic heterocycles. The van der Waals surface area contributed by atoms with E-state index in [2.05, 4.69) is 132 Å². The first-order valence-electron chi connectivity index (χ1n) is 19.6. The molecule has 0 fully saturated rings. The van der Waals surface area contributed by atoms with Crippen LogP contribution in [0.5, 0.6) is 0 Å². The van der Waals surface area contributed by atoms with Gasteiger partial charge in [-0.05, 0) is 102 Å². The topological polar surface area (TPSA) is 117 Å². The molecule has 9 heteroatoms. The predicted molar refractivity (Wildman–Crippen MR) is 243 cm³/mol. The Morgan fingerprint density at radius 3 is 1.20 bits per heavy atom. The molecule has 8 nitrogen and oxygen atoms in total. The van der Waals surface area contributed by atoms with Crippen LogP contribution >= 0.6 is 12.4 Å². The summed E-state index contributed by atoms with van der Waals surface area (Å²) in [6.07, 6.45) is 0. The zero-order chi connectivity index (χ0) is 40.9. The highest BCUT2D eigenvalue weighted by atomic mass is 35.5. The van der Waals surface area contributed by atoms with Crippen molar-refractivity contribution in [2.24, 2.45) is 0 Å². The quantitative estimate of drug-likeness (QED) is 0.0713. The number of aliphatic hydroxyl groups excluding tert-OH is 2. The Kier molecular flexibility index (Phi) is 13.5. The molecule has 0 radical (unpaired) electrons. The Morgan fingerprint density at radius 1 is 0.475 bits per heavy atom. The molecule has 8 aromatic rings. The summed E-state index contributed by atoms with van der Waals surface area (Å²) in [6, 6.07) is 46.8. The van der Waals surface area contributed by atoms with Crippen LogP contribution in [0.15, 0.2) is 133 Å². The number of aliphatic hydroxyl groups is 2. The molecule has 0 aliphatic rings. The summed E-state index contributed by atoms with van der Waals surface area (Å²) < 4.78 is 10.5. The molecule has 304 valence electrons. The molecule has 0 bridgehead atoms. The number of hydrogen-bond acceptors (Lipinski definition) is 8. The van der Waals surface area contributed by atoms with Crippen molar-refractivity contribution in [1.29, 1.82) is 0 Å². The Balaban J connectivity index is 0.000000199. The molecule has 0 aromatic heterocycles. The van der Waals surface area contributed by atoms with E-state index in [-0.39, 0.29) is 50.8 Å². The third-order valence-corrected chi connectivity index (χ3v) is 11.0. The summed E-state index contributed by atoms with van der Waals surface area (Å²) >= 11 is 0. The van der Waals surface area contributed by atoms with Gasteiger partial charge in [-0.3, -0.25) is 9.59 Å². The molecule has 0 saturated carbocycles. The lowest BCUT2D eigenvalue weighted by molar-refractivity contribution is -0.147. The van der Waals surface area contributed by atoms with E-state index in [0.29, 0.717) is 13.1 Å². The average molecular weight is 811 g/mol. The molecular weight excluding hydrogens is 760 g/mol. The van der Waals surface area contributed by atoms with Crippen molar-refractivity contribution in [3.05, 3.63) is 145 Å². The number of carbonyl (C=O) groups is 2. The Hall–Kier alpha value is -5.61. The van der Waals surface area contributed by atoms with Crippen molar-refractivity contribution in [2.45, 2.75) is 51.9 Å². The number of halogens is 1. The second-order valence-corrected chi connectivity index (χ2v) is 15.6. The fraction of sp³-hybridized carbons (Fsp3) is 0.240. The van der Waals surface area contributed by atoms with Crippen molar-refractivity contribution in [3.8, 4) is 0 Å². The zero-order valence-electron chi connectivity index (χ0n) is 33.9. The van der Waals surface area contributed by atoms with Crippen molar-refractivity contribution in [2.75, 3.05) is 26.4 Å². The van der Waals surface area contributed by atoms with Crippen LogP contribution in [0.3, 0.4) is 0 Å². The third kappa shape index (κ3) is 9.49. The Labute approximate surface area is 350 Å². The van der Waals surface area contributed by atoms with Crippen molar-refractivity contribution in [1.82, 2.24) is 10.6 Å². The van der Waals surface area contributed by atoms with E-state index < -0.39 is 11.1 Å². The predicted octanol–water partition coefficient (Wildman–Crippen LogP) is 9.52. The second-order valence-electron chi connectivity index (χ2n) is 15.6. The summed E-state index contributed by atoms with van der Waals surface area (Å²) in [5, 5.41) is 40.4. The third-order valence-electron chi connectivity index (χ3n) is 11.0. The highest BCUT2D eigenvalue weighted by Crippen LogP contribution is 2.35. The molecule has 0 atom stereocenters. The van der Waals surface area contributed by atoms with E-state index in [4.69, 9.17) is 9.47 Å². The van der Waals surface area contributed by atoms with Gasteiger partial charge in [-0.25, -0.2) is 0 Å². The molecule has 8 rings (SSSR count). The number of carbonyl (C=O) groups excluding carboxylic acids is 2. The van der Waals surface area contributed by atoms with Gasteiger partial charge in [0.15, 0.2) is 0 Å². The van der Waals surface area contributed by atoms with E-state index in [9.17, 15) is 19.8 Å². The normalized spacial score (nSPS) is 11.8. The van der Waals surface area contributed by atoms with Crippen LogP contribution in [0.2, 0.25) is 0 Å². The number of benzene rings is 8. The van der Waals surface area contributed by atoms with Gasteiger partial charge in [-0.2, -0.15) is 0 Å². The van der Waals surface area contributed by atoms with Crippen LogP contribution in [-0.4, -0.2) is 59.7 Å². The van der Waals surface area contributed by atoms with Crippen LogP contribution in [-0.2, 0) is 32.2 Å². The molecular formula is C50H51ClN2O6. The Bertz CT molecular complexity index is 2760. The molecule has 8 aromatic carbocycles. The SMILES string of the molecule is CC(=O)OCC(C)(COC(C)=O)NCc1cc2c3ccccc3ccc2c2ccccc12.CC(CO)(CO)NCc1cc2c3ccccc3ccc2c2ccccc12.Cl. The van der Waals surface area contributed by atoms with E-state index in [1.165, 1.54) is 73.1 Å². The highest BCUT2D eigenvalue weighted by molar-refractivity contribution is 6.19. The molecule has 0 saturated heterocycles. The standard InChI is InChI=1S/C27H27NO4.C23H23NO2.ClH/c1-18(29)31-16-27(3,17-32-19(2)30)28-15-21-14-26-22-9-5-4-8-20(22)12-13-25(26)24-11-7-6-10-23(21)24;1-23(14-25,15-26)24-13-17-12-22-18-7-3-2-6-16(18)10-11-21(22)20-9-5-4-8-19(17)20;/h4-14,28H,15-17H2,1-3H3;2-12,24-26H,13-15H2,1H3;1H. The van der Waals surface area contributed by atoms with Crippen LogP contribution in [0.25, 0.3) is 64.6 Å². The first-order chi connectivity index (χ1) is 28.0. The first kappa shape index (κ1) is 43.0. The lowest BCUT2D eigenvalue weighted by Crippen LogP contribution is -2.50. The number of rotatable bonds is 12. The molecule has 0 heterocycles. The minimum Gasteiger partial charge on any atom is -0.464 e. The number of nitrogens with one attached hydrogen (secondary N) is 2. The minimum atomic E-state index is -0.716. The second kappa shape index (κ2) is 18.5. The van der Waals surface area contributed by atoms with Gasteiger partial charge in [0.2, 0.25) is 0 Å². The summed E-state index contributed by atoms with van der Waals surface area (Å²) in [5.74, 6) is -0.744. The number of esters is 2. The van der Waals surface area contributed by atoms with Gasteiger partial charge >= 0.3 is 11.9 Å². The summed E-state index contributed by atoms with van der Waals surface area (Å²) in [7, 11) is 0. The van der Waals surface area contributed by atoms with Gasteiger partial charge in [0.25, 0.3) is 0 Å². The number of ether oxygens (including phenoxy) is 2. The maximum Gasteiger partial charge on any atom is 0.302 e. The molecule has 59 heavy (non-hydrogen) atoms. The van der Waals surface area contributed by atoms with E-state index in [1.54, 1.807) is 0 Å². The van der Waals surface area contributed by atoms with Gasteiger partial charge in [-0.1, -0.05) is 121 Å². The van der Waals surface area contributed by atoms with Gasteiger partial charge in [0, 0.05) is 26.9 Å². The van der Waals surface area contributed by atoms with E-state index in [0.717, 1.165) is 16.5 Å². The average Bonchev–Trinajstić information content (AvgIpc) is 3.26. The first-order valence-corrected chi connectivity index (χ1v) is 19.6. The number of hydrogen-bond donors (Lipinski definition) is 4. The van der Waals surface area contributed by atoms with Gasteiger partial charge in [-0.15, -0.1) is 12.4 Å². The maximum atomic E-state index is 11.4. The zero-order valence-corrected chi connectivity index (χ0v) is 34.7. The number of fused-ring (bicyclic) bond motifs is 10. The van der Waals surface area contributed by atoms with Crippen LogP contribution < -0.4 is 10.6 Å². The molecule has 0 aliphatic carbocycles. The fourth-order valence-corrected chi connectivity index (χ4v) is 7.61. The van der Waals surface area contributed by atoms with Gasteiger partial charge in [0.05, 0.1) is 24.3 Å². The van der Waals surface area contributed by atoms with Crippen LogP contribution in [0, 0.1) is 0 Å². The Morgan fingerprint density at radius 2 is 0.814 bits per heavy atom. The molecule has 0 unspecified atom stereocenters. The minimum absolute atomic E-state index is 0. The van der Waals surface area contributed by atoms with Crippen molar-refractivity contribution in [3.63, 3.8) is 0 Å². The van der Waals surface area contributed by atoms with Crippen LogP contribution in [0.1, 0.15) is 38.8 Å². The highest BCUT2D eigenvalue weighted by Gasteiger charge is 2.28. The molecule has 0 spiro atoms. The lowest BCUT2D eigenvalue weighted by Gasteiger charge is -2.30. The van der Waals surface area contributed by atoms with Crippen molar-refractivity contribution >= 4 is 89.0 Å². The summed E-state index contributed by atoms with van der Waals surface area (Å²) in [6.45, 7) is 7.53. The fourth-order valence-electron chi connectivity index (χ4n) is 7.61. The smallest absolute Gasteiger partial charge is 0.302 e. The van der Waals surface area contributed by atoms with Crippen molar-refractivity contribution < 1.29 is 29.3 Å². The van der Waals surface area contributed by atoms with Gasteiger partial charge in [0.1, 0.15) is 13.2 Å². The molecule has 4 N–H and O–H groups in total.